The molecule has 134 valence electrons. The summed E-state index contributed by atoms with van der Waals surface area (Å²) in [6.45, 7) is 9.99. The molecule has 0 bridgehead atoms. The number of rotatable bonds is 6. The maximum atomic E-state index is 6.20. The Morgan fingerprint density at radius 1 is 1.04 bits per heavy atom. The Bertz CT molecular complexity index is 775. The number of benzene rings is 1. The van der Waals surface area contributed by atoms with Gasteiger partial charge in [0.25, 0.3) is 0 Å². The van der Waals surface area contributed by atoms with E-state index in [0.29, 0.717) is 5.88 Å². The zero-order valence-electron chi connectivity index (χ0n) is 16.1. The smallest absolute Gasteiger partial charge is 0.223 e. The van der Waals surface area contributed by atoms with Gasteiger partial charge in [-0.05, 0) is 63.4 Å². The lowest BCUT2D eigenvalue weighted by atomic mass is 10.0. The summed E-state index contributed by atoms with van der Waals surface area (Å²) < 4.78 is 11.5. The van der Waals surface area contributed by atoms with Crippen LogP contribution in [0, 0.1) is 27.7 Å². The Labute approximate surface area is 149 Å². The molecule has 0 unspecified atom stereocenters. The molecule has 1 aromatic heterocycles. The highest BCUT2D eigenvalue weighted by molar-refractivity contribution is 6.01. The van der Waals surface area contributed by atoms with Crippen LogP contribution in [0.25, 0.3) is 0 Å². The molecule has 0 amide bonds. The fourth-order valence-electron chi connectivity index (χ4n) is 2.81. The van der Waals surface area contributed by atoms with Crippen LogP contribution < -0.4 is 9.47 Å². The van der Waals surface area contributed by atoms with Crippen LogP contribution >= 0.6 is 0 Å². The molecule has 0 saturated heterocycles. The average molecular weight is 342 g/mol. The third-order valence-corrected chi connectivity index (χ3v) is 4.07. The first-order chi connectivity index (χ1) is 11.9. The Kier molecular flexibility index (Phi) is 6.02. The van der Waals surface area contributed by atoms with Crippen molar-refractivity contribution in [3.05, 3.63) is 46.1 Å². The van der Waals surface area contributed by atoms with Crippen LogP contribution in [0.5, 0.6) is 17.4 Å². The SMILES string of the molecule is CC/C(=N\OC)c1cc(C)nc(Oc2c(C)cc(OC)cc2C)c1C. The van der Waals surface area contributed by atoms with Gasteiger partial charge in [0, 0.05) is 16.8 Å². The second kappa shape index (κ2) is 8.01. The van der Waals surface area contributed by atoms with Crippen LogP contribution in [0.4, 0.5) is 0 Å². The van der Waals surface area contributed by atoms with Crippen LogP contribution in [0.2, 0.25) is 0 Å². The Morgan fingerprint density at radius 2 is 1.68 bits per heavy atom. The number of hydrogen-bond donors (Lipinski definition) is 0. The van der Waals surface area contributed by atoms with E-state index in [1.165, 1.54) is 0 Å². The van der Waals surface area contributed by atoms with Crippen molar-refractivity contribution in [3.8, 4) is 17.4 Å². The van der Waals surface area contributed by atoms with Gasteiger partial charge < -0.3 is 14.3 Å². The summed E-state index contributed by atoms with van der Waals surface area (Å²) in [5.74, 6) is 2.20. The molecule has 0 N–H and O–H groups in total. The molecule has 0 spiro atoms. The van der Waals surface area contributed by atoms with E-state index in [9.17, 15) is 0 Å². The van der Waals surface area contributed by atoms with Crippen molar-refractivity contribution < 1.29 is 14.3 Å². The van der Waals surface area contributed by atoms with E-state index in [1.54, 1.807) is 14.2 Å². The third-order valence-electron chi connectivity index (χ3n) is 4.07. The van der Waals surface area contributed by atoms with Gasteiger partial charge in [0.1, 0.15) is 18.6 Å². The Hall–Kier alpha value is -2.56. The fourth-order valence-corrected chi connectivity index (χ4v) is 2.81. The largest absolute Gasteiger partial charge is 0.497 e. The quantitative estimate of drug-likeness (QED) is 0.555. The molecule has 1 heterocycles. The highest BCUT2D eigenvalue weighted by Crippen LogP contribution is 2.34. The first kappa shape index (κ1) is 18.8. The molecule has 5 nitrogen and oxygen atoms in total. The summed E-state index contributed by atoms with van der Waals surface area (Å²) >= 11 is 0. The van der Waals surface area contributed by atoms with Gasteiger partial charge in [-0.25, -0.2) is 4.98 Å². The van der Waals surface area contributed by atoms with E-state index in [4.69, 9.17) is 14.3 Å². The molecular formula is C20H26N2O3. The standard InChI is InChI=1S/C20H26N2O3/c1-8-18(22-24-7)17-11-14(4)21-20(15(17)5)25-19-12(2)9-16(23-6)10-13(19)3/h9-11H,8H2,1-7H3/b22-18+. The molecule has 0 atom stereocenters. The van der Waals surface area contributed by atoms with Gasteiger partial charge in [-0.3, -0.25) is 0 Å². The molecule has 2 rings (SSSR count). The lowest BCUT2D eigenvalue weighted by Gasteiger charge is -2.17. The molecule has 0 aliphatic rings. The van der Waals surface area contributed by atoms with Crippen LogP contribution in [0.1, 0.15) is 41.3 Å². The molecule has 0 fully saturated rings. The maximum Gasteiger partial charge on any atom is 0.223 e. The van der Waals surface area contributed by atoms with Gasteiger partial charge in [0.2, 0.25) is 5.88 Å². The molecular weight excluding hydrogens is 316 g/mol. The number of ether oxygens (including phenoxy) is 2. The van der Waals surface area contributed by atoms with Crippen LogP contribution in [0.15, 0.2) is 23.4 Å². The average Bonchev–Trinajstić information content (AvgIpc) is 2.58. The molecule has 0 radical (unpaired) electrons. The van der Waals surface area contributed by atoms with E-state index < -0.39 is 0 Å². The summed E-state index contributed by atoms with van der Waals surface area (Å²) in [4.78, 5) is 9.56. The van der Waals surface area contributed by atoms with Gasteiger partial charge in [-0.2, -0.15) is 0 Å². The molecule has 0 saturated carbocycles. The number of methoxy groups -OCH3 is 1. The van der Waals surface area contributed by atoms with E-state index in [1.807, 2.05) is 52.8 Å². The minimum atomic E-state index is 0.587. The summed E-state index contributed by atoms with van der Waals surface area (Å²) in [5.41, 5.74) is 5.69. The van der Waals surface area contributed by atoms with Gasteiger partial charge in [-0.1, -0.05) is 12.1 Å². The number of nitrogens with zero attached hydrogens (tertiary/aromatic N) is 2. The zero-order valence-corrected chi connectivity index (χ0v) is 16.1. The molecule has 2 aromatic rings. The van der Waals surface area contributed by atoms with Crippen LogP contribution in [-0.2, 0) is 4.84 Å². The fraction of sp³-hybridized carbons (Fsp3) is 0.400. The predicted molar refractivity (Wildman–Crippen MR) is 100 cm³/mol. The lowest BCUT2D eigenvalue weighted by molar-refractivity contribution is 0.213. The minimum absolute atomic E-state index is 0.587. The van der Waals surface area contributed by atoms with Gasteiger partial charge in [0.05, 0.1) is 12.8 Å². The number of oxime groups is 1. The highest BCUT2D eigenvalue weighted by atomic mass is 16.6. The van der Waals surface area contributed by atoms with E-state index in [0.717, 1.165) is 51.6 Å². The van der Waals surface area contributed by atoms with Crippen molar-refractivity contribution in [2.45, 2.75) is 41.0 Å². The number of pyridine rings is 1. The van der Waals surface area contributed by atoms with Gasteiger partial charge in [-0.15, -0.1) is 0 Å². The first-order valence-electron chi connectivity index (χ1n) is 8.32. The molecule has 5 heteroatoms. The zero-order chi connectivity index (χ0) is 18.6. The maximum absolute atomic E-state index is 6.20. The second-order valence-corrected chi connectivity index (χ2v) is 6.01. The second-order valence-electron chi connectivity index (χ2n) is 6.01. The summed E-state index contributed by atoms with van der Waals surface area (Å²) in [6, 6.07) is 5.92. The molecule has 0 aliphatic carbocycles. The summed E-state index contributed by atoms with van der Waals surface area (Å²) in [5, 5.41) is 4.14. The normalized spacial score (nSPS) is 11.4. The first-order valence-corrected chi connectivity index (χ1v) is 8.32. The van der Waals surface area contributed by atoms with Gasteiger partial charge in [0.15, 0.2) is 0 Å². The molecule has 0 aliphatic heterocycles. The molecule has 1 aromatic carbocycles. The Morgan fingerprint density at radius 3 is 2.20 bits per heavy atom. The lowest BCUT2D eigenvalue weighted by Crippen LogP contribution is -2.07. The van der Waals surface area contributed by atoms with Gasteiger partial charge >= 0.3 is 0 Å². The van der Waals surface area contributed by atoms with Crippen molar-refractivity contribution in [3.63, 3.8) is 0 Å². The minimum Gasteiger partial charge on any atom is -0.497 e. The molecule has 25 heavy (non-hydrogen) atoms. The monoisotopic (exact) mass is 342 g/mol. The topological polar surface area (TPSA) is 52.9 Å². The number of hydrogen-bond acceptors (Lipinski definition) is 5. The predicted octanol–water partition coefficient (Wildman–Crippen LogP) is 4.88. The van der Waals surface area contributed by atoms with Crippen LogP contribution in [0.3, 0.4) is 0 Å². The van der Waals surface area contributed by atoms with E-state index in [2.05, 4.69) is 10.1 Å². The Balaban J connectivity index is 2.51. The van der Waals surface area contributed by atoms with Crippen molar-refractivity contribution in [1.29, 1.82) is 0 Å². The van der Waals surface area contributed by atoms with Crippen molar-refractivity contribution >= 4 is 5.71 Å². The van der Waals surface area contributed by atoms with E-state index >= 15 is 0 Å². The summed E-state index contributed by atoms with van der Waals surface area (Å²) in [7, 11) is 3.22. The summed E-state index contributed by atoms with van der Waals surface area (Å²) in [6.07, 6.45) is 0.762. The van der Waals surface area contributed by atoms with Crippen molar-refractivity contribution in [1.82, 2.24) is 4.98 Å². The van der Waals surface area contributed by atoms with Crippen molar-refractivity contribution in [2.24, 2.45) is 5.16 Å². The van der Waals surface area contributed by atoms with Crippen molar-refractivity contribution in [2.75, 3.05) is 14.2 Å². The van der Waals surface area contributed by atoms with E-state index in [-0.39, 0.29) is 0 Å². The third kappa shape index (κ3) is 4.10. The number of aryl methyl sites for hydroxylation is 3. The van der Waals surface area contributed by atoms with Crippen LogP contribution in [-0.4, -0.2) is 24.9 Å². The number of aromatic nitrogens is 1. The highest BCUT2D eigenvalue weighted by Gasteiger charge is 2.16.